The van der Waals surface area contributed by atoms with E-state index < -0.39 is 15.6 Å². The van der Waals surface area contributed by atoms with Crippen LogP contribution in [0, 0.1) is 0 Å². The molecule has 1 amide bonds. The van der Waals surface area contributed by atoms with Crippen molar-refractivity contribution in [3.05, 3.63) is 101 Å². The van der Waals surface area contributed by atoms with Gasteiger partial charge in [-0.25, -0.2) is 8.42 Å². The van der Waals surface area contributed by atoms with Crippen molar-refractivity contribution >= 4 is 38.0 Å². The fourth-order valence-electron chi connectivity index (χ4n) is 3.99. The van der Waals surface area contributed by atoms with Crippen LogP contribution in [0.1, 0.15) is 31.2 Å². The number of thiophene rings is 1. The number of fused-ring (bicyclic) bond motifs is 1. The zero-order valence-electron chi connectivity index (χ0n) is 20.2. The molecule has 1 heterocycles. The third-order valence-corrected chi connectivity index (χ3v) is 8.80. The van der Waals surface area contributed by atoms with E-state index in [2.05, 4.69) is 0 Å². The summed E-state index contributed by atoms with van der Waals surface area (Å²) in [5, 5.41) is 3.79. The Hall–Kier alpha value is -3.00. The van der Waals surface area contributed by atoms with Crippen LogP contribution < -0.4 is 0 Å². The molecule has 1 aromatic heterocycles. The molecule has 182 valence electrons. The highest BCUT2D eigenvalue weighted by Gasteiger charge is 2.36. The molecule has 0 fully saturated rings. The molecule has 0 N–H and O–H groups in total. The van der Waals surface area contributed by atoms with Gasteiger partial charge in [-0.15, -0.1) is 11.3 Å². The second kappa shape index (κ2) is 10.3. The Balaban J connectivity index is 1.65. The van der Waals surface area contributed by atoms with Crippen LogP contribution in [-0.2, 0) is 27.9 Å². The van der Waals surface area contributed by atoms with Gasteiger partial charge in [0.1, 0.15) is 0 Å². The van der Waals surface area contributed by atoms with Crippen molar-refractivity contribution < 1.29 is 13.2 Å². The predicted molar refractivity (Wildman–Crippen MR) is 143 cm³/mol. The summed E-state index contributed by atoms with van der Waals surface area (Å²) in [6.07, 6.45) is 0. The molecule has 0 bridgehead atoms. The molecule has 4 rings (SSSR count). The van der Waals surface area contributed by atoms with Crippen LogP contribution in [0.5, 0.6) is 0 Å². The van der Waals surface area contributed by atoms with Gasteiger partial charge in [0.15, 0.2) is 0 Å². The third-order valence-electron chi connectivity index (χ3n) is 5.83. The van der Waals surface area contributed by atoms with E-state index in [1.165, 1.54) is 4.31 Å². The minimum Gasteiger partial charge on any atom is -0.332 e. The summed E-state index contributed by atoms with van der Waals surface area (Å²) >= 11 is 1.58. The first-order valence-electron chi connectivity index (χ1n) is 11.5. The van der Waals surface area contributed by atoms with Gasteiger partial charge in [-0.05, 0) is 60.7 Å². The fourth-order valence-corrected chi connectivity index (χ4v) is 6.48. The number of carbonyl (C=O) groups excluding carboxylic acids is 1. The topological polar surface area (TPSA) is 57.7 Å². The zero-order valence-corrected chi connectivity index (χ0v) is 21.9. The first kappa shape index (κ1) is 25.1. The number of carbonyl (C=O) groups is 1. The number of hydrogen-bond donors (Lipinski definition) is 0. The molecule has 0 saturated heterocycles. The van der Waals surface area contributed by atoms with Crippen molar-refractivity contribution in [2.45, 2.75) is 44.3 Å². The molecule has 0 radical (unpaired) electrons. The molecule has 3 aromatic carbocycles. The molecule has 0 spiro atoms. The van der Waals surface area contributed by atoms with Gasteiger partial charge in [0.2, 0.25) is 15.9 Å². The Morgan fingerprint density at radius 3 is 2.17 bits per heavy atom. The molecule has 0 unspecified atom stereocenters. The number of rotatable bonds is 8. The van der Waals surface area contributed by atoms with Crippen molar-refractivity contribution in [3.63, 3.8) is 0 Å². The van der Waals surface area contributed by atoms with Gasteiger partial charge in [-0.3, -0.25) is 4.79 Å². The van der Waals surface area contributed by atoms with Gasteiger partial charge in [0, 0.05) is 17.0 Å². The second-order valence-corrected chi connectivity index (χ2v) is 12.4. The maximum absolute atomic E-state index is 13.8. The number of sulfonamides is 1. The molecule has 0 aliphatic carbocycles. The van der Waals surface area contributed by atoms with Gasteiger partial charge in [-0.1, -0.05) is 66.7 Å². The van der Waals surface area contributed by atoms with E-state index >= 15 is 0 Å². The lowest BCUT2D eigenvalue weighted by Gasteiger charge is -2.35. The molecular formula is C28H30N2O3S2. The van der Waals surface area contributed by atoms with Crippen LogP contribution in [-0.4, -0.2) is 35.6 Å². The largest absolute Gasteiger partial charge is 0.332 e. The average molecular weight is 507 g/mol. The van der Waals surface area contributed by atoms with Crippen molar-refractivity contribution in [1.29, 1.82) is 0 Å². The average Bonchev–Trinajstić information content (AvgIpc) is 3.34. The van der Waals surface area contributed by atoms with Crippen LogP contribution in [0.4, 0.5) is 0 Å². The number of nitrogens with zero attached hydrogens (tertiary/aromatic N) is 2. The summed E-state index contributed by atoms with van der Waals surface area (Å²) in [5.41, 5.74) is 0.207. The summed E-state index contributed by atoms with van der Waals surface area (Å²) in [6, 6.07) is 26.5. The lowest BCUT2D eigenvalue weighted by atomic mass is 10.1. The van der Waals surface area contributed by atoms with Crippen molar-refractivity contribution in [3.8, 4) is 0 Å². The SMILES string of the molecule is CC(C)(C)N(CC(=O)N(Cc1ccccc1)Cc1cccs1)S(=O)(=O)c1ccc2ccccc2c1. The van der Waals surface area contributed by atoms with Gasteiger partial charge >= 0.3 is 0 Å². The summed E-state index contributed by atoms with van der Waals surface area (Å²) in [4.78, 5) is 16.6. The molecular weight excluding hydrogens is 476 g/mol. The monoisotopic (exact) mass is 506 g/mol. The Labute approximate surface area is 211 Å². The summed E-state index contributed by atoms with van der Waals surface area (Å²) in [7, 11) is -3.93. The Kier molecular flexibility index (Phi) is 7.40. The van der Waals surface area contributed by atoms with Gasteiger partial charge in [0.25, 0.3) is 0 Å². The molecule has 5 nitrogen and oxygen atoms in total. The first-order valence-corrected chi connectivity index (χ1v) is 13.8. The molecule has 0 saturated carbocycles. The maximum atomic E-state index is 13.8. The molecule has 0 aliphatic rings. The second-order valence-electron chi connectivity index (χ2n) is 9.51. The Morgan fingerprint density at radius 2 is 1.51 bits per heavy atom. The maximum Gasteiger partial charge on any atom is 0.244 e. The normalized spacial score (nSPS) is 12.2. The fraction of sp³-hybridized carbons (Fsp3) is 0.250. The van der Waals surface area contributed by atoms with E-state index in [0.717, 1.165) is 21.2 Å². The van der Waals surface area contributed by atoms with Gasteiger partial charge < -0.3 is 4.90 Å². The van der Waals surface area contributed by atoms with Crippen molar-refractivity contribution in [2.24, 2.45) is 0 Å². The Morgan fingerprint density at radius 1 is 0.829 bits per heavy atom. The minimum atomic E-state index is -3.93. The lowest BCUT2D eigenvalue weighted by Crippen LogP contribution is -2.50. The van der Waals surface area contributed by atoms with E-state index in [9.17, 15) is 13.2 Å². The highest BCUT2D eigenvalue weighted by molar-refractivity contribution is 7.89. The van der Waals surface area contributed by atoms with E-state index in [-0.39, 0.29) is 17.3 Å². The van der Waals surface area contributed by atoms with Crippen LogP contribution >= 0.6 is 11.3 Å². The first-order chi connectivity index (χ1) is 16.6. The zero-order chi connectivity index (χ0) is 25.1. The smallest absolute Gasteiger partial charge is 0.244 e. The van der Waals surface area contributed by atoms with Gasteiger partial charge in [0.05, 0.1) is 18.0 Å². The van der Waals surface area contributed by atoms with Gasteiger partial charge in [-0.2, -0.15) is 4.31 Å². The minimum absolute atomic E-state index is 0.187. The van der Waals surface area contributed by atoms with Crippen molar-refractivity contribution in [2.75, 3.05) is 6.54 Å². The highest BCUT2D eigenvalue weighted by atomic mass is 32.2. The number of hydrogen-bond acceptors (Lipinski definition) is 4. The highest BCUT2D eigenvalue weighted by Crippen LogP contribution is 2.27. The third kappa shape index (κ3) is 5.99. The Bertz CT molecular complexity index is 1390. The van der Waals surface area contributed by atoms with E-state index in [0.29, 0.717) is 13.1 Å². The van der Waals surface area contributed by atoms with Crippen LogP contribution in [0.2, 0.25) is 0 Å². The molecule has 0 aliphatic heterocycles. The summed E-state index contributed by atoms with van der Waals surface area (Å²) in [6.45, 7) is 6.06. The molecule has 35 heavy (non-hydrogen) atoms. The van der Waals surface area contributed by atoms with Crippen LogP contribution in [0.3, 0.4) is 0 Å². The quantitative estimate of drug-likeness (QED) is 0.298. The number of amides is 1. The standard InChI is InChI=1S/C28H30N2O3S2/c1-28(2,3)30(35(32,33)26-16-15-23-12-7-8-13-24(23)18-26)21-27(31)29(20-25-14-9-17-34-25)19-22-10-5-4-6-11-22/h4-18H,19-21H2,1-3H3. The molecule has 7 heteroatoms. The summed E-state index contributed by atoms with van der Waals surface area (Å²) < 4.78 is 28.9. The lowest BCUT2D eigenvalue weighted by molar-refractivity contribution is -0.133. The van der Waals surface area contributed by atoms with Crippen LogP contribution in [0.25, 0.3) is 10.8 Å². The predicted octanol–water partition coefficient (Wildman–Crippen LogP) is 5.92. The van der Waals surface area contributed by atoms with E-state index in [1.54, 1.807) is 28.4 Å². The van der Waals surface area contributed by atoms with E-state index in [4.69, 9.17) is 0 Å². The van der Waals surface area contributed by atoms with Crippen LogP contribution in [0.15, 0.2) is 95.2 Å². The molecule has 0 atom stereocenters. The van der Waals surface area contributed by atoms with Crippen molar-refractivity contribution in [1.82, 2.24) is 9.21 Å². The molecule has 4 aromatic rings. The number of benzene rings is 3. The summed E-state index contributed by atoms with van der Waals surface area (Å²) in [5.74, 6) is -0.235. The van der Waals surface area contributed by atoms with E-state index in [1.807, 2.05) is 98.9 Å².